The largest absolute Gasteiger partial charge is 0.386 e. The lowest BCUT2D eigenvalue weighted by Crippen LogP contribution is -2.47. The fourth-order valence-corrected chi connectivity index (χ4v) is 3.66. The summed E-state index contributed by atoms with van der Waals surface area (Å²) in [5, 5.41) is 42.6. The van der Waals surface area contributed by atoms with Crippen molar-refractivity contribution in [3.8, 4) is 0 Å². The Kier molecular flexibility index (Phi) is 4.74. The van der Waals surface area contributed by atoms with Gasteiger partial charge in [0.25, 0.3) is 0 Å². The first-order valence-corrected chi connectivity index (χ1v) is 8.93. The average molecular weight is 407 g/mol. The Morgan fingerprint density at radius 1 is 1.25 bits per heavy atom. The molecule has 1 aliphatic rings. The number of aromatic nitrogens is 3. The molecule has 5 N–H and O–H groups in total. The van der Waals surface area contributed by atoms with Crippen LogP contribution in [-0.4, -0.2) is 52.9 Å². The molecule has 1 fully saturated rings. The average Bonchev–Trinajstić information content (AvgIpc) is 3.21. The standard InChI is InChI=1S/C18H19ClN4O5/c1-18(26)13(25)17(23-7-6-11-15(22-27)20-8-21-16(11)23)28-14(18)12(24)9-2-4-10(19)5-3-9/h2-8,12-14,17,24-27H,1H3,(H,20,21,22)/t12?,13-,14+,17+,18-/m0/s1. The Bertz CT molecular complexity index is 993. The van der Waals surface area contributed by atoms with Crippen LogP contribution in [0.3, 0.4) is 0 Å². The highest BCUT2D eigenvalue weighted by molar-refractivity contribution is 6.30. The number of aliphatic hydroxyl groups is 3. The van der Waals surface area contributed by atoms with Gasteiger partial charge in [0.15, 0.2) is 12.0 Å². The summed E-state index contributed by atoms with van der Waals surface area (Å²) >= 11 is 5.89. The van der Waals surface area contributed by atoms with Crippen LogP contribution in [0.5, 0.6) is 0 Å². The van der Waals surface area contributed by atoms with Gasteiger partial charge in [-0.25, -0.2) is 9.97 Å². The Morgan fingerprint density at radius 2 is 1.96 bits per heavy atom. The molecule has 0 bridgehead atoms. The molecule has 1 aromatic carbocycles. The van der Waals surface area contributed by atoms with Crippen molar-refractivity contribution in [2.45, 2.75) is 37.1 Å². The summed E-state index contributed by atoms with van der Waals surface area (Å²) in [5.41, 5.74) is 1.12. The monoisotopic (exact) mass is 406 g/mol. The molecule has 1 unspecified atom stereocenters. The number of nitrogens with zero attached hydrogens (tertiary/aromatic N) is 3. The van der Waals surface area contributed by atoms with E-state index in [0.717, 1.165) is 0 Å². The lowest BCUT2D eigenvalue weighted by molar-refractivity contribution is -0.115. The van der Waals surface area contributed by atoms with E-state index in [4.69, 9.17) is 16.3 Å². The van der Waals surface area contributed by atoms with Gasteiger partial charge in [-0.2, -0.15) is 0 Å². The lowest BCUT2D eigenvalue weighted by atomic mass is 9.88. The quantitative estimate of drug-likeness (QED) is 0.413. The van der Waals surface area contributed by atoms with Crippen LogP contribution in [-0.2, 0) is 4.74 Å². The molecule has 0 amide bonds. The smallest absolute Gasteiger partial charge is 0.164 e. The second kappa shape index (κ2) is 6.96. The van der Waals surface area contributed by atoms with Crippen LogP contribution >= 0.6 is 11.6 Å². The van der Waals surface area contributed by atoms with Gasteiger partial charge in [0.2, 0.25) is 0 Å². The Morgan fingerprint density at radius 3 is 2.64 bits per heavy atom. The van der Waals surface area contributed by atoms with E-state index in [1.807, 2.05) is 5.48 Å². The van der Waals surface area contributed by atoms with Gasteiger partial charge in [-0.05, 0) is 30.7 Å². The van der Waals surface area contributed by atoms with Crippen LogP contribution in [0.1, 0.15) is 24.8 Å². The number of hydrogen-bond donors (Lipinski definition) is 5. The number of hydrogen-bond acceptors (Lipinski definition) is 8. The van der Waals surface area contributed by atoms with Crippen molar-refractivity contribution >= 4 is 28.5 Å². The highest BCUT2D eigenvalue weighted by atomic mass is 35.5. The van der Waals surface area contributed by atoms with Crippen molar-refractivity contribution in [2.24, 2.45) is 0 Å². The van der Waals surface area contributed by atoms with Crippen LogP contribution in [0.15, 0.2) is 42.9 Å². The van der Waals surface area contributed by atoms with Crippen molar-refractivity contribution in [3.05, 3.63) is 53.4 Å². The van der Waals surface area contributed by atoms with Crippen molar-refractivity contribution in [3.63, 3.8) is 0 Å². The summed E-state index contributed by atoms with van der Waals surface area (Å²) in [4.78, 5) is 8.08. The van der Waals surface area contributed by atoms with Crippen LogP contribution in [0, 0.1) is 0 Å². The first-order chi connectivity index (χ1) is 13.3. The number of nitrogens with one attached hydrogen (secondary N) is 1. The molecule has 5 atom stereocenters. The first-order valence-electron chi connectivity index (χ1n) is 8.55. The highest BCUT2D eigenvalue weighted by Crippen LogP contribution is 2.43. The molecule has 0 spiro atoms. The third-order valence-corrected chi connectivity index (χ3v) is 5.37. The summed E-state index contributed by atoms with van der Waals surface area (Å²) < 4.78 is 7.42. The van der Waals surface area contributed by atoms with Gasteiger partial charge in [-0.3, -0.25) is 10.7 Å². The Balaban J connectivity index is 1.70. The molecule has 148 valence electrons. The van der Waals surface area contributed by atoms with Crippen LogP contribution in [0.4, 0.5) is 5.82 Å². The second-order valence-electron chi connectivity index (χ2n) is 6.91. The van der Waals surface area contributed by atoms with Gasteiger partial charge in [0.05, 0.1) is 5.39 Å². The molecule has 4 rings (SSSR count). The summed E-state index contributed by atoms with van der Waals surface area (Å²) in [6.45, 7) is 1.41. The summed E-state index contributed by atoms with van der Waals surface area (Å²) in [6, 6.07) is 8.14. The first kappa shape index (κ1) is 19.1. The van der Waals surface area contributed by atoms with Crippen LogP contribution in [0.2, 0.25) is 5.02 Å². The lowest BCUT2D eigenvalue weighted by Gasteiger charge is -2.29. The predicted molar refractivity (Wildman–Crippen MR) is 99.9 cm³/mol. The molecular weight excluding hydrogens is 388 g/mol. The van der Waals surface area contributed by atoms with Gasteiger partial charge >= 0.3 is 0 Å². The minimum Gasteiger partial charge on any atom is -0.386 e. The summed E-state index contributed by atoms with van der Waals surface area (Å²) in [6.07, 6.45) is -1.82. The second-order valence-corrected chi connectivity index (χ2v) is 7.35. The van der Waals surface area contributed by atoms with Crippen molar-refractivity contribution in [1.82, 2.24) is 14.5 Å². The number of rotatable bonds is 4. The van der Waals surface area contributed by atoms with Crippen molar-refractivity contribution in [1.29, 1.82) is 0 Å². The van der Waals surface area contributed by atoms with Gasteiger partial charge in [0.1, 0.15) is 35.9 Å². The molecule has 0 radical (unpaired) electrons. The van der Waals surface area contributed by atoms with Gasteiger partial charge in [-0.1, -0.05) is 23.7 Å². The van der Waals surface area contributed by atoms with Gasteiger partial charge in [0, 0.05) is 11.2 Å². The summed E-state index contributed by atoms with van der Waals surface area (Å²) in [5.74, 6) is 0.195. The molecule has 0 aliphatic carbocycles. The highest BCUT2D eigenvalue weighted by Gasteiger charge is 2.55. The maximum absolute atomic E-state index is 10.9. The summed E-state index contributed by atoms with van der Waals surface area (Å²) in [7, 11) is 0. The minimum atomic E-state index is -1.74. The fraction of sp³-hybridized carbons (Fsp3) is 0.333. The molecule has 0 saturated carbocycles. The number of aliphatic hydroxyl groups excluding tert-OH is 2. The number of benzene rings is 1. The molecule has 28 heavy (non-hydrogen) atoms. The molecule has 3 heterocycles. The van der Waals surface area contributed by atoms with E-state index in [9.17, 15) is 20.5 Å². The van der Waals surface area contributed by atoms with Crippen LogP contribution in [0.25, 0.3) is 11.0 Å². The Hall–Kier alpha value is -2.27. The number of ether oxygens (including phenoxy) is 1. The molecule has 1 aliphatic heterocycles. The molecule has 10 heteroatoms. The molecule has 3 aromatic rings. The van der Waals surface area contributed by atoms with Crippen molar-refractivity contribution < 1.29 is 25.3 Å². The topological polar surface area (TPSA) is 133 Å². The number of halogens is 1. The predicted octanol–water partition coefficient (Wildman–Crippen LogP) is 1.63. The molecule has 1 saturated heterocycles. The third-order valence-electron chi connectivity index (χ3n) is 5.12. The van der Waals surface area contributed by atoms with E-state index in [0.29, 0.717) is 21.6 Å². The molecule has 9 nitrogen and oxygen atoms in total. The number of fused-ring (bicyclic) bond motifs is 1. The van der Waals surface area contributed by atoms with Crippen LogP contribution < -0.4 is 5.48 Å². The van der Waals surface area contributed by atoms with Gasteiger partial charge < -0.3 is 24.6 Å². The maximum atomic E-state index is 10.9. The number of anilines is 1. The van der Waals surface area contributed by atoms with E-state index in [2.05, 4.69) is 9.97 Å². The van der Waals surface area contributed by atoms with E-state index in [1.165, 1.54) is 17.8 Å². The van der Waals surface area contributed by atoms with Gasteiger partial charge in [-0.15, -0.1) is 0 Å². The zero-order valence-corrected chi connectivity index (χ0v) is 15.5. The maximum Gasteiger partial charge on any atom is 0.164 e. The van der Waals surface area contributed by atoms with E-state index < -0.39 is 30.1 Å². The van der Waals surface area contributed by atoms with E-state index in [-0.39, 0.29) is 5.82 Å². The Labute approximate surface area is 164 Å². The SMILES string of the molecule is C[C@@]1(O)[C@@H](C(O)c2ccc(Cl)cc2)O[C@@H](n2ccc3c(NO)ncnc32)[C@@H]1O. The van der Waals surface area contributed by atoms with E-state index in [1.54, 1.807) is 36.5 Å². The van der Waals surface area contributed by atoms with E-state index >= 15 is 0 Å². The zero-order chi connectivity index (χ0) is 20.1. The molecule has 2 aromatic heterocycles. The zero-order valence-electron chi connectivity index (χ0n) is 14.8. The molecular formula is C18H19ClN4O5. The normalized spacial score (nSPS) is 28.6. The minimum absolute atomic E-state index is 0.195. The third kappa shape index (κ3) is 2.93. The van der Waals surface area contributed by atoms with Crippen molar-refractivity contribution in [2.75, 3.05) is 5.48 Å². The fourth-order valence-electron chi connectivity index (χ4n) is 3.53.